The summed E-state index contributed by atoms with van der Waals surface area (Å²) >= 11 is 0. The van der Waals surface area contributed by atoms with Crippen LogP contribution in [0.5, 0.6) is 5.75 Å². The third-order valence-electron chi connectivity index (χ3n) is 4.21. The van der Waals surface area contributed by atoms with Crippen LogP contribution in [0.2, 0.25) is 0 Å². The summed E-state index contributed by atoms with van der Waals surface area (Å²) in [5, 5.41) is 14.1. The van der Waals surface area contributed by atoms with Crippen LogP contribution in [0.4, 0.5) is 0 Å². The zero-order chi connectivity index (χ0) is 14.5. The first-order chi connectivity index (χ1) is 9.67. The molecule has 0 bridgehead atoms. The maximum Gasteiger partial charge on any atom is 0.124 e. The fourth-order valence-corrected chi connectivity index (χ4v) is 2.78. The zero-order valence-corrected chi connectivity index (χ0v) is 12.7. The van der Waals surface area contributed by atoms with Crippen molar-refractivity contribution in [3.8, 4) is 5.75 Å². The molecule has 2 rings (SSSR count). The first kappa shape index (κ1) is 15.3. The molecule has 1 aromatic rings. The molecule has 4 nitrogen and oxygen atoms in total. The van der Waals surface area contributed by atoms with E-state index < -0.39 is 6.10 Å². The van der Waals surface area contributed by atoms with Crippen molar-refractivity contribution in [1.29, 1.82) is 0 Å². The van der Waals surface area contributed by atoms with Gasteiger partial charge in [0, 0.05) is 37.8 Å². The van der Waals surface area contributed by atoms with Crippen LogP contribution in [0, 0.1) is 0 Å². The normalized spacial score (nSPS) is 19.6. The van der Waals surface area contributed by atoms with Gasteiger partial charge in [0.05, 0.1) is 13.2 Å². The summed E-state index contributed by atoms with van der Waals surface area (Å²) in [6.07, 6.45) is 0.445. The molecule has 0 spiro atoms. The topological polar surface area (TPSA) is 44.7 Å². The van der Waals surface area contributed by atoms with Gasteiger partial charge in [0.1, 0.15) is 5.75 Å². The molecule has 1 aliphatic heterocycles. The van der Waals surface area contributed by atoms with Crippen LogP contribution in [-0.4, -0.2) is 49.3 Å². The van der Waals surface area contributed by atoms with Crippen molar-refractivity contribution < 1.29 is 9.84 Å². The SMILES string of the molecule is CCc1ccc(OC)c(C(O)C(C)N2CCNCC2)c1. The minimum atomic E-state index is -0.519. The van der Waals surface area contributed by atoms with E-state index in [0.29, 0.717) is 0 Å². The number of nitrogens with zero attached hydrogens (tertiary/aromatic N) is 1. The Morgan fingerprint density at radius 3 is 2.65 bits per heavy atom. The van der Waals surface area contributed by atoms with Gasteiger partial charge in [0.15, 0.2) is 0 Å². The lowest BCUT2D eigenvalue weighted by molar-refractivity contribution is 0.0494. The molecular weight excluding hydrogens is 252 g/mol. The van der Waals surface area contributed by atoms with Gasteiger partial charge in [-0.1, -0.05) is 13.0 Å². The van der Waals surface area contributed by atoms with Crippen molar-refractivity contribution >= 4 is 0 Å². The summed E-state index contributed by atoms with van der Waals surface area (Å²) in [7, 11) is 1.66. The minimum absolute atomic E-state index is 0.0955. The minimum Gasteiger partial charge on any atom is -0.496 e. The highest BCUT2D eigenvalue weighted by Gasteiger charge is 2.26. The van der Waals surface area contributed by atoms with Crippen molar-refractivity contribution in [2.24, 2.45) is 0 Å². The van der Waals surface area contributed by atoms with Gasteiger partial charge in [-0.25, -0.2) is 0 Å². The first-order valence-electron chi connectivity index (χ1n) is 7.47. The highest BCUT2D eigenvalue weighted by atomic mass is 16.5. The van der Waals surface area contributed by atoms with E-state index in [2.05, 4.69) is 36.2 Å². The smallest absolute Gasteiger partial charge is 0.124 e. The molecule has 2 N–H and O–H groups in total. The van der Waals surface area contributed by atoms with E-state index >= 15 is 0 Å². The molecule has 1 aromatic carbocycles. The van der Waals surface area contributed by atoms with E-state index in [-0.39, 0.29) is 6.04 Å². The average molecular weight is 278 g/mol. The molecule has 1 aliphatic rings. The Hall–Kier alpha value is -1.10. The lowest BCUT2D eigenvalue weighted by atomic mass is 9.98. The molecule has 2 unspecified atom stereocenters. The maximum atomic E-state index is 10.7. The van der Waals surface area contributed by atoms with Gasteiger partial charge in [-0.05, 0) is 31.0 Å². The van der Waals surface area contributed by atoms with Gasteiger partial charge in [0.2, 0.25) is 0 Å². The summed E-state index contributed by atoms with van der Waals surface area (Å²) in [5.41, 5.74) is 2.13. The van der Waals surface area contributed by atoms with Gasteiger partial charge in [0.25, 0.3) is 0 Å². The van der Waals surface area contributed by atoms with Gasteiger partial charge in [-0.3, -0.25) is 4.90 Å². The number of hydrogen-bond donors (Lipinski definition) is 2. The molecule has 112 valence electrons. The van der Waals surface area contributed by atoms with E-state index in [1.165, 1.54) is 5.56 Å². The van der Waals surface area contributed by atoms with Gasteiger partial charge in [-0.15, -0.1) is 0 Å². The van der Waals surface area contributed by atoms with Gasteiger partial charge >= 0.3 is 0 Å². The number of aliphatic hydroxyl groups excluding tert-OH is 1. The number of aliphatic hydroxyl groups is 1. The van der Waals surface area contributed by atoms with Crippen molar-refractivity contribution in [3.63, 3.8) is 0 Å². The highest BCUT2D eigenvalue weighted by molar-refractivity contribution is 5.39. The number of aryl methyl sites for hydroxylation is 1. The molecule has 0 radical (unpaired) electrons. The number of ether oxygens (including phenoxy) is 1. The largest absolute Gasteiger partial charge is 0.496 e. The number of methoxy groups -OCH3 is 1. The summed E-state index contributed by atoms with van der Waals surface area (Å²) in [6.45, 7) is 8.15. The van der Waals surface area contributed by atoms with Crippen LogP contribution in [0.1, 0.15) is 31.1 Å². The number of benzene rings is 1. The predicted molar refractivity (Wildman–Crippen MR) is 81.2 cm³/mol. The second-order valence-electron chi connectivity index (χ2n) is 5.40. The van der Waals surface area contributed by atoms with Crippen LogP contribution in [-0.2, 0) is 6.42 Å². The summed E-state index contributed by atoms with van der Waals surface area (Å²) in [4.78, 5) is 2.33. The van der Waals surface area contributed by atoms with Crippen molar-refractivity contribution in [2.75, 3.05) is 33.3 Å². The van der Waals surface area contributed by atoms with Gasteiger partial charge in [-0.2, -0.15) is 0 Å². The van der Waals surface area contributed by atoms with Crippen LogP contribution in [0.3, 0.4) is 0 Å². The molecule has 0 aliphatic carbocycles. The Morgan fingerprint density at radius 2 is 2.05 bits per heavy atom. The Labute approximate surface area is 121 Å². The Balaban J connectivity index is 2.19. The van der Waals surface area contributed by atoms with E-state index in [0.717, 1.165) is 43.9 Å². The number of nitrogens with one attached hydrogen (secondary N) is 1. The Morgan fingerprint density at radius 1 is 1.35 bits per heavy atom. The van der Waals surface area contributed by atoms with Crippen molar-refractivity contribution in [1.82, 2.24) is 10.2 Å². The fourth-order valence-electron chi connectivity index (χ4n) is 2.78. The monoisotopic (exact) mass is 278 g/mol. The predicted octanol–water partition coefficient (Wildman–Crippen LogP) is 1.58. The van der Waals surface area contributed by atoms with Crippen LogP contribution < -0.4 is 10.1 Å². The van der Waals surface area contributed by atoms with E-state index in [4.69, 9.17) is 4.74 Å². The summed E-state index contributed by atoms with van der Waals surface area (Å²) in [6, 6.07) is 6.19. The molecule has 1 saturated heterocycles. The summed E-state index contributed by atoms with van der Waals surface area (Å²) < 4.78 is 5.41. The second kappa shape index (κ2) is 7.07. The van der Waals surface area contributed by atoms with Crippen molar-refractivity contribution in [3.05, 3.63) is 29.3 Å². The molecular formula is C16H26N2O2. The third kappa shape index (κ3) is 3.32. The van der Waals surface area contributed by atoms with Crippen molar-refractivity contribution in [2.45, 2.75) is 32.4 Å². The molecule has 2 atom stereocenters. The highest BCUT2D eigenvalue weighted by Crippen LogP contribution is 2.30. The van der Waals surface area contributed by atoms with Gasteiger partial charge < -0.3 is 15.2 Å². The molecule has 4 heteroatoms. The van der Waals surface area contributed by atoms with Crippen LogP contribution >= 0.6 is 0 Å². The first-order valence-corrected chi connectivity index (χ1v) is 7.47. The zero-order valence-electron chi connectivity index (χ0n) is 12.7. The van der Waals surface area contributed by atoms with Crippen LogP contribution in [0.15, 0.2) is 18.2 Å². The molecule has 1 heterocycles. The summed E-state index contributed by atoms with van der Waals surface area (Å²) in [5.74, 6) is 0.775. The second-order valence-corrected chi connectivity index (χ2v) is 5.40. The lowest BCUT2D eigenvalue weighted by Gasteiger charge is -2.35. The Kier molecular flexibility index (Phi) is 5.40. The standard InChI is InChI=1S/C16H26N2O2/c1-4-13-5-6-15(20-3)14(11-13)16(19)12(2)18-9-7-17-8-10-18/h5-6,11-12,16-17,19H,4,7-10H2,1-3H3. The van der Waals surface area contributed by atoms with Crippen LogP contribution in [0.25, 0.3) is 0 Å². The van der Waals surface area contributed by atoms with E-state index in [9.17, 15) is 5.11 Å². The maximum absolute atomic E-state index is 10.7. The molecule has 0 aromatic heterocycles. The van der Waals surface area contributed by atoms with E-state index in [1.807, 2.05) is 6.07 Å². The molecule has 1 fully saturated rings. The Bertz CT molecular complexity index is 430. The molecule has 0 amide bonds. The fraction of sp³-hybridized carbons (Fsp3) is 0.625. The molecule has 0 saturated carbocycles. The molecule has 20 heavy (non-hydrogen) atoms. The number of rotatable bonds is 5. The third-order valence-corrected chi connectivity index (χ3v) is 4.21. The number of piperazine rings is 1. The van der Waals surface area contributed by atoms with E-state index in [1.54, 1.807) is 7.11 Å². The number of hydrogen-bond acceptors (Lipinski definition) is 4. The average Bonchev–Trinajstić information content (AvgIpc) is 2.53. The quantitative estimate of drug-likeness (QED) is 0.858. The lowest BCUT2D eigenvalue weighted by Crippen LogP contribution is -2.49.